The second kappa shape index (κ2) is 11.0. The van der Waals surface area contributed by atoms with E-state index in [-0.39, 0.29) is 23.6 Å². The molecule has 1 saturated heterocycles. The predicted octanol–water partition coefficient (Wildman–Crippen LogP) is 7.81. The Labute approximate surface area is 199 Å². The summed E-state index contributed by atoms with van der Waals surface area (Å²) in [7, 11) is 0. The summed E-state index contributed by atoms with van der Waals surface area (Å²) >= 11 is 0. The molecule has 0 N–H and O–H groups in total. The summed E-state index contributed by atoms with van der Waals surface area (Å²) in [5.41, 5.74) is 3.24. The zero-order valence-corrected chi connectivity index (χ0v) is 19.3. The molecule has 0 atom stereocenters. The number of allylic oxidation sites excluding steroid dienone is 1. The molecule has 178 valence electrons. The molecule has 34 heavy (non-hydrogen) atoms. The monoisotopic (exact) mass is 466 g/mol. The van der Waals surface area contributed by atoms with Gasteiger partial charge in [-0.05, 0) is 66.5 Å². The fraction of sp³-hybridized carbons (Fsp3) is 0.310. The van der Waals surface area contributed by atoms with Crippen LogP contribution in [0.4, 0.5) is 13.2 Å². The number of rotatable bonds is 8. The Hall–Kier alpha value is -2.89. The molecular formula is C29H29F3O2. The third-order valence-corrected chi connectivity index (χ3v) is 6.30. The van der Waals surface area contributed by atoms with Crippen molar-refractivity contribution in [1.29, 1.82) is 0 Å². The van der Waals surface area contributed by atoms with Crippen LogP contribution < -0.4 is 0 Å². The topological polar surface area (TPSA) is 18.5 Å². The minimum atomic E-state index is -0.837. The number of hydrogen-bond donors (Lipinski definition) is 0. The van der Waals surface area contributed by atoms with Gasteiger partial charge in [0.25, 0.3) is 0 Å². The highest BCUT2D eigenvalue weighted by Gasteiger charge is 2.23. The largest absolute Gasteiger partial charge is 0.352 e. The zero-order chi connectivity index (χ0) is 24.1. The molecule has 3 aromatic rings. The van der Waals surface area contributed by atoms with Gasteiger partial charge in [-0.25, -0.2) is 13.2 Å². The van der Waals surface area contributed by atoms with Gasteiger partial charge < -0.3 is 9.47 Å². The molecule has 0 spiro atoms. The van der Waals surface area contributed by atoms with E-state index in [1.54, 1.807) is 42.5 Å². The van der Waals surface area contributed by atoms with Crippen molar-refractivity contribution < 1.29 is 22.6 Å². The Kier molecular flexibility index (Phi) is 7.86. The number of aryl methyl sites for hydroxylation is 1. The Morgan fingerprint density at radius 3 is 2.21 bits per heavy atom. The lowest BCUT2D eigenvalue weighted by Gasteiger charge is -2.27. The van der Waals surface area contributed by atoms with Crippen molar-refractivity contribution in [3.05, 3.63) is 95.8 Å². The molecule has 1 fully saturated rings. The lowest BCUT2D eigenvalue weighted by molar-refractivity contribution is -0.176. The highest BCUT2D eigenvalue weighted by molar-refractivity contribution is 5.71. The van der Waals surface area contributed by atoms with Crippen LogP contribution in [0.5, 0.6) is 0 Å². The van der Waals surface area contributed by atoms with Crippen LogP contribution in [0.15, 0.2) is 67.3 Å². The predicted molar refractivity (Wildman–Crippen MR) is 129 cm³/mol. The molecule has 0 aliphatic carbocycles. The van der Waals surface area contributed by atoms with Crippen LogP contribution in [-0.2, 0) is 15.9 Å². The second-order valence-corrected chi connectivity index (χ2v) is 8.68. The van der Waals surface area contributed by atoms with Gasteiger partial charge in [-0.2, -0.15) is 0 Å². The molecule has 0 bridgehead atoms. The van der Waals surface area contributed by atoms with Crippen molar-refractivity contribution in [1.82, 2.24) is 0 Å². The number of ether oxygens (including phenoxy) is 2. The van der Waals surface area contributed by atoms with E-state index >= 15 is 0 Å². The minimum Gasteiger partial charge on any atom is -0.352 e. The Balaban J connectivity index is 1.49. The first-order valence-corrected chi connectivity index (χ1v) is 11.7. The molecule has 1 aliphatic heterocycles. The molecule has 1 heterocycles. The maximum Gasteiger partial charge on any atom is 0.166 e. The van der Waals surface area contributed by atoms with E-state index in [4.69, 9.17) is 9.47 Å². The van der Waals surface area contributed by atoms with Crippen LogP contribution in [0.3, 0.4) is 0 Å². The summed E-state index contributed by atoms with van der Waals surface area (Å²) in [6.07, 6.45) is 4.60. The van der Waals surface area contributed by atoms with Gasteiger partial charge in [0.2, 0.25) is 0 Å². The van der Waals surface area contributed by atoms with Crippen molar-refractivity contribution >= 4 is 0 Å². The van der Waals surface area contributed by atoms with E-state index in [0.717, 1.165) is 24.8 Å². The SMILES string of the molecule is C=CCCCCc1ccc(-c2ccc(-c3ccc(C4COC(C)OC4)c(F)c3)cc2)c(F)c1F. The van der Waals surface area contributed by atoms with Crippen LogP contribution in [0.1, 0.15) is 43.2 Å². The Bertz CT molecular complexity index is 1130. The minimum absolute atomic E-state index is 0.143. The summed E-state index contributed by atoms with van der Waals surface area (Å²) in [5.74, 6) is -2.08. The van der Waals surface area contributed by atoms with E-state index in [9.17, 15) is 13.2 Å². The summed E-state index contributed by atoms with van der Waals surface area (Å²) in [4.78, 5) is 0. The Morgan fingerprint density at radius 2 is 1.53 bits per heavy atom. The van der Waals surface area contributed by atoms with Crippen LogP contribution in [0.25, 0.3) is 22.3 Å². The normalized spacial score (nSPS) is 18.1. The molecule has 2 nitrogen and oxygen atoms in total. The number of unbranched alkanes of at least 4 members (excludes halogenated alkanes) is 2. The van der Waals surface area contributed by atoms with E-state index in [1.807, 2.05) is 19.1 Å². The van der Waals surface area contributed by atoms with Crippen molar-refractivity contribution in [3.63, 3.8) is 0 Å². The van der Waals surface area contributed by atoms with Crippen LogP contribution in [0, 0.1) is 17.5 Å². The fourth-order valence-electron chi connectivity index (χ4n) is 4.27. The van der Waals surface area contributed by atoms with Gasteiger partial charge in [-0.15, -0.1) is 6.58 Å². The molecule has 5 heteroatoms. The van der Waals surface area contributed by atoms with Gasteiger partial charge in [-0.3, -0.25) is 0 Å². The maximum absolute atomic E-state index is 14.8. The quantitative estimate of drug-likeness (QED) is 0.249. The van der Waals surface area contributed by atoms with Gasteiger partial charge in [0, 0.05) is 11.5 Å². The third-order valence-electron chi connectivity index (χ3n) is 6.30. The van der Waals surface area contributed by atoms with Crippen LogP contribution in [0.2, 0.25) is 0 Å². The first kappa shape index (κ1) is 24.2. The van der Waals surface area contributed by atoms with Gasteiger partial charge in [0.1, 0.15) is 5.82 Å². The first-order chi connectivity index (χ1) is 16.5. The third kappa shape index (κ3) is 5.43. The molecular weight excluding hydrogens is 437 g/mol. The zero-order valence-electron chi connectivity index (χ0n) is 19.3. The molecule has 0 unspecified atom stereocenters. The molecule has 0 amide bonds. The standard InChI is InChI=1S/C29H29F3O2/c1-3-4-5-6-7-22-12-15-26(29(32)28(22)31)21-10-8-20(9-11-21)23-13-14-25(27(30)16-23)24-17-33-19(2)34-18-24/h3,8-16,19,24H,1,4-7,17-18H2,2H3. The van der Waals surface area contributed by atoms with Crippen molar-refractivity contribution in [3.8, 4) is 22.3 Å². The lowest BCUT2D eigenvalue weighted by atomic mass is 9.94. The van der Waals surface area contributed by atoms with E-state index in [1.165, 1.54) is 6.07 Å². The van der Waals surface area contributed by atoms with E-state index in [0.29, 0.717) is 41.9 Å². The average molecular weight is 467 g/mol. The lowest BCUT2D eigenvalue weighted by Crippen LogP contribution is -2.29. The van der Waals surface area contributed by atoms with Gasteiger partial charge in [-0.1, -0.05) is 54.6 Å². The highest BCUT2D eigenvalue weighted by atomic mass is 19.2. The summed E-state index contributed by atoms with van der Waals surface area (Å²) < 4.78 is 55.2. The molecule has 0 radical (unpaired) electrons. The molecule has 0 aromatic heterocycles. The Morgan fingerprint density at radius 1 is 0.853 bits per heavy atom. The average Bonchev–Trinajstić information content (AvgIpc) is 2.85. The van der Waals surface area contributed by atoms with Crippen LogP contribution >= 0.6 is 0 Å². The van der Waals surface area contributed by atoms with Crippen molar-refractivity contribution in [2.24, 2.45) is 0 Å². The van der Waals surface area contributed by atoms with E-state index < -0.39 is 11.6 Å². The highest BCUT2D eigenvalue weighted by Crippen LogP contribution is 2.32. The van der Waals surface area contributed by atoms with Gasteiger partial charge in [0.15, 0.2) is 17.9 Å². The van der Waals surface area contributed by atoms with Crippen molar-refractivity contribution in [2.45, 2.75) is 44.8 Å². The second-order valence-electron chi connectivity index (χ2n) is 8.68. The first-order valence-electron chi connectivity index (χ1n) is 11.7. The summed E-state index contributed by atoms with van der Waals surface area (Å²) in [6, 6.07) is 15.4. The van der Waals surface area contributed by atoms with Gasteiger partial charge >= 0.3 is 0 Å². The van der Waals surface area contributed by atoms with E-state index in [2.05, 4.69) is 6.58 Å². The smallest absolute Gasteiger partial charge is 0.166 e. The van der Waals surface area contributed by atoms with Crippen LogP contribution in [-0.4, -0.2) is 19.5 Å². The maximum atomic E-state index is 14.8. The van der Waals surface area contributed by atoms with Gasteiger partial charge in [0.05, 0.1) is 13.2 Å². The summed E-state index contributed by atoms with van der Waals surface area (Å²) in [5, 5.41) is 0. The van der Waals surface area contributed by atoms with Crippen molar-refractivity contribution in [2.75, 3.05) is 13.2 Å². The molecule has 0 saturated carbocycles. The molecule has 4 rings (SSSR count). The summed E-state index contributed by atoms with van der Waals surface area (Å²) in [6.45, 7) is 6.33. The number of halogens is 3. The number of hydrogen-bond acceptors (Lipinski definition) is 2. The molecule has 1 aliphatic rings. The number of benzene rings is 3. The molecule has 3 aromatic carbocycles. The fourth-order valence-corrected chi connectivity index (χ4v) is 4.27.